The molecule has 1 aromatic heterocycles. The van der Waals surface area contributed by atoms with Crippen molar-refractivity contribution in [2.45, 2.75) is 38.5 Å². The highest BCUT2D eigenvalue weighted by molar-refractivity contribution is 7.89. The monoisotopic (exact) mass is 486 g/mol. The van der Waals surface area contributed by atoms with Crippen LogP contribution in [0.15, 0.2) is 27.6 Å². The van der Waals surface area contributed by atoms with Crippen molar-refractivity contribution < 1.29 is 17.7 Å². The smallest absolute Gasteiger partial charge is 0.248 e. The zero-order valence-corrected chi connectivity index (χ0v) is 21.3. The van der Waals surface area contributed by atoms with E-state index in [0.29, 0.717) is 38.2 Å². The van der Waals surface area contributed by atoms with Crippen LogP contribution in [0.1, 0.15) is 41.0 Å². The third-order valence-corrected chi connectivity index (χ3v) is 8.85. The van der Waals surface area contributed by atoms with Gasteiger partial charge in [0.25, 0.3) is 0 Å². The van der Waals surface area contributed by atoms with Crippen LogP contribution in [-0.2, 0) is 14.8 Å². The number of carbonyl (C=O) groups excluding carboxylic acids is 1. The largest absolute Gasteiger partial charge is 0.355 e. The van der Waals surface area contributed by atoms with E-state index in [4.69, 9.17) is 4.52 Å². The van der Waals surface area contributed by atoms with Crippen LogP contribution in [0.5, 0.6) is 0 Å². The van der Waals surface area contributed by atoms with Crippen LogP contribution in [0.2, 0.25) is 0 Å². The van der Waals surface area contributed by atoms with Gasteiger partial charge >= 0.3 is 0 Å². The number of likely N-dealkylation sites (N-methyl/N-ethyl adjacent to an activating group) is 1. The molecule has 8 nitrogen and oxygen atoms in total. The third-order valence-electron chi connectivity index (χ3n) is 6.83. The Labute approximate surface area is 202 Å². The maximum absolute atomic E-state index is 13.7. The molecule has 34 heavy (non-hydrogen) atoms. The molecule has 184 valence electrons. The van der Waals surface area contributed by atoms with Gasteiger partial charge in [-0.1, -0.05) is 35.0 Å². The van der Waals surface area contributed by atoms with E-state index in [9.17, 15) is 13.2 Å². The van der Waals surface area contributed by atoms with Crippen molar-refractivity contribution in [3.63, 3.8) is 0 Å². The lowest BCUT2D eigenvalue weighted by atomic mass is 9.98. The van der Waals surface area contributed by atoms with E-state index in [2.05, 4.69) is 10.1 Å². The Morgan fingerprint density at radius 1 is 1.09 bits per heavy atom. The lowest BCUT2D eigenvalue weighted by Crippen LogP contribution is -2.52. The molecule has 1 amide bonds. The van der Waals surface area contributed by atoms with Crippen LogP contribution in [0.4, 0.5) is 0 Å². The fourth-order valence-corrected chi connectivity index (χ4v) is 6.45. The number of aromatic nitrogens is 1. The van der Waals surface area contributed by atoms with Gasteiger partial charge in [-0.15, -0.1) is 0 Å². The van der Waals surface area contributed by atoms with Crippen molar-refractivity contribution in [3.05, 3.63) is 46.3 Å². The SMILES string of the molecule is Cc1ccc(C)c(/C=C/c2onc(C)c2S(=O)(=O)N2CCC[C@@H](C(=O)N3CCN(C)CC3)C2)c1. The number of piperidine rings is 1. The zero-order chi connectivity index (χ0) is 24.5. The van der Waals surface area contributed by atoms with Gasteiger partial charge in [0, 0.05) is 39.3 Å². The van der Waals surface area contributed by atoms with Crippen LogP contribution < -0.4 is 0 Å². The fourth-order valence-electron chi connectivity index (χ4n) is 4.68. The molecule has 3 heterocycles. The maximum atomic E-state index is 13.7. The van der Waals surface area contributed by atoms with Crippen LogP contribution in [0, 0.1) is 26.7 Å². The molecule has 0 radical (unpaired) electrons. The number of rotatable bonds is 5. The average molecular weight is 487 g/mol. The van der Waals surface area contributed by atoms with Gasteiger partial charge in [-0.2, -0.15) is 4.31 Å². The number of benzene rings is 1. The van der Waals surface area contributed by atoms with Crippen LogP contribution in [0.25, 0.3) is 12.2 Å². The summed E-state index contributed by atoms with van der Waals surface area (Å²) in [7, 11) is -1.82. The summed E-state index contributed by atoms with van der Waals surface area (Å²) in [6.07, 6.45) is 4.89. The summed E-state index contributed by atoms with van der Waals surface area (Å²) in [4.78, 5) is 17.3. The molecule has 0 bridgehead atoms. The number of hydrogen-bond donors (Lipinski definition) is 0. The van der Waals surface area contributed by atoms with Crippen molar-refractivity contribution >= 4 is 28.1 Å². The van der Waals surface area contributed by atoms with Crippen molar-refractivity contribution in [3.8, 4) is 0 Å². The summed E-state index contributed by atoms with van der Waals surface area (Å²) in [6, 6.07) is 6.11. The van der Waals surface area contributed by atoms with Gasteiger partial charge in [-0.25, -0.2) is 8.42 Å². The topological polar surface area (TPSA) is 87.0 Å². The number of carbonyl (C=O) groups is 1. The predicted molar refractivity (Wildman–Crippen MR) is 132 cm³/mol. The standard InChI is InChI=1S/C25H34N4O4S/c1-18-7-8-19(2)21(16-18)9-10-23-24(20(3)26-33-23)34(31,32)29-11-5-6-22(17-29)25(30)28-14-12-27(4)13-15-28/h7-10,16,22H,5-6,11-15,17H2,1-4H3/b10-9+/t22-/m1/s1. The van der Waals surface area contributed by atoms with Gasteiger partial charge in [0.15, 0.2) is 10.7 Å². The van der Waals surface area contributed by atoms with Crippen molar-refractivity contribution in [2.75, 3.05) is 46.3 Å². The average Bonchev–Trinajstić information content (AvgIpc) is 3.21. The molecule has 4 rings (SSSR count). The summed E-state index contributed by atoms with van der Waals surface area (Å²) >= 11 is 0. The second-order valence-corrected chi connectivity index (χ2v) is 11.4. The molecule has 2 fully saturated rings. The van der Waals surface area contributed by atoms with Gasteiger partial charge in [0.2, 0.25) is 15.9 Å². The van der Waals surface area contributed by atoms with E-state index in [-0.39, 0.29) is 29.0 Å². The van der Waals surface area contributed by atoms with E-state index in [1.54, 1.807) is 13.0 Å². The molecule has 1 aromatic carbocycles. The van der Waals surface area contributed by atoms with Crippen LogP contribution in [-0.4, -0.2) is 79.9 Å². The number of piperazine rings is 1. The van der Waals surface area contributed by atoms with E-state index in [1.807, 2.05) is 50.1 Å². The van der Waals surface area contributed by atoms with Gasteiger partial charge in [0.05, 0.1) is 5.92 Å². The highest BCUT2D eigenvalue weighted by Crippen LogP contribution is 2.30. The Hall–Kier alpha value is -2.49. The van der Waals surface area contributed by atoms with Crippen LogP contribution >= 0.6 is 0 Å². The van der Waals surface area contributed by atoms with Gasteiger partial charge in [-0.05, 0) is 57.9 Å². The molecule has 0 saturated carbocycles. The number of nitrogens with zero attached hydrogens (tertiary/aromatic N) is 4. The summed E-state index contributed by atoms with van der Waals surface area (Å²) < 4.78 is 34.2. The number of aryl methyl sites for hydroxylation is 3. The minimum absolute atomic E-state index is 0.0603. The molecular weight excluding hydrogens is 452 g/mol. The van der Waals surface area contributed by atoms with E-state index < -0.39 is 10.0 Å². The lowest BCUT2D eigenvalue weighted by Gasteiger charge is -2.37. The molecule has 2 aliphatic heterocycles. The summed E-state index contributed by atoms with van der Waals surface area (Å²) in [5.74, 6) is -0.0444. The fraction of sp³-hybridized carbons (Fsp3) is 0.520. The Morgan fingerprint density at radius 3 is 2.56 bits per heavy atom. The highest BCUT2D eigenvalue weighted by Gasteiger charge is 2.38. The van der Waals surface area contributed by atoms with Crippen LogP contribution in [0.3, 0.4) is 0 Å². The van der Waals surface area contributed by atoms with Crippen molar-refractivity contribution in [1.29, 1.82) is 0 Å². The highest BCUT2D eigenvalue weighted by atomic mass is 32.2. The first kappa shape index (κ1) is 24.6. The Kier molecular flexibility index (Phi) is 7.25. The molecule has 2 saturated heterocycles. The third kappa shape index (κ3) is 5.11. The van der Waals surface area contributed by atoms with E-state index >= 15 is 0 Å². The molecule has 9 heteroatoms. The second-order valence-electron chi connectivity index (χ2n) is 9.49. The quantitative estimate of drug-likeness (QED) is 0.646. The van der Waals surface area contributed by atoms with E-state index in [0.717, 1.165) is 29.8 Å². The maximum Gasteiger partial charge on any atom is 0.248 e. The minimum atomic E-state index is -3.86. The predicted octanol–water partition coefficient (Wildman–Crippen LogP) is 2.94. The molecule has 0 unspecified atom stereocenters. The summed E-state index contributed by atoms with van der Waals surface area (Å²) in [5.41, 5.74) is 3.53. The normalized spacial score (nSPS) is 20.8. The lowest BCUT2D eigenvalue weighted by molar-refractivity contribution is -0.138. The first-order valence-corrected chi connectivity index (χ1v) is 13.3. The number of amides is 1. The Morgan fingerprint density at radius 2 is 1.82 bits per heavy atom. The van der Waals surface area contributed by atoms with Gasteiger partial charge in [0.1, 0.15) is 5.69 Å². The molecular formula is C25H34N4O4S. The number of hydrogen-bond acceptors (Lipinski definition) is 6. The number of sulfonamides is 1. The van der Waals surface area contributed by atoms with E-state index in [1.165, 1.54) is 4.31 Å². The molecule has 0 N–H and O–H groups in total. The minimum Gasteiger partial charge on any atom is -0.355 e. The summed E-state index contributed by atoms with van der Waals surface area (Å²) in [6.45, 7) is 9.32. The molecule has 2 aromatic rings. The Balaban J connectivity index is 1.55. The van der Waals surface area contributed by atoms with Gasteiger partial charge in [-0.3, -0.25) is 4.79 Å². The molecule has 0 spiro atoms. The molecule has 0 aliphatic carbocycles. The Bertz CT molecular complexity index is 1180. The second kappa shape index (κ2) is 10.0. The van der Waals surface area contributed by atoms with Crippen molar-refractivity contribution in [2.24, 2.45) is 5.92 Å². The molecule has 2 aliphatic rings. The zero-order valence-electron chi connectivity index (χ0n) is 20.5. The summed E-state index contributed by atoms with van der Waals surface area (Å²) in [5, 5.41) is 3.95. The first-order valence-electron chi connectivity index (χ1n) is 11.9. The molecule has 1 atom stereocenters. The van der Waals surface area contributed by atoms with Crippen molar-refractivity contribution in [1.82, 2.24) is 19.3 Å². The van der Waals surface area contributed by atoms with Gasteiger partial charge < -0.3 is 14.3 Å². The first-order chi connectivity index (χ1) is 16.2.